The molecule has 0 radical (unpaired) electrons. The SMILES string of the molecule is O=C(NC1CCC12CCN(C(=O)OCc1ccccc1)CC2)OCc1cscn1. The summed E-state index contributed by atoms with van der Waals surface area (Å²) >= 11 is 1.48. The van der Waals surface area contributed by atoms with E-state index in [-0.39, 0.29) is 30.8 Å². The topological polar surface area (TPSA) is 80.8 Å². The van der Waals surface area contributed by atoms with Gasteiger partial charge in [0.2, 0.25) is 0 Å². The fourth-order valence-electron chi connectivity index (χ4n) is 4.10. The van der Waals surface area contributed by atoms with Crippen molar-refractivity contribution in [2.75, 3.05) is 13.1 Å². The number of likely N-dealkylation sites (tertiary alicyclic amines) is 1. The summed E-state index contributed by atoms with van der Waals surface area (Å²) in [6, 6.07) is 9.78. The minimum atomic E-state index is -0.397. The largest absolute Gasteiger partial charge is 0.445 e. The second-order valence-electron chi connectivity index (χ2n) is 7.68. The number of aromatic nitrogens is 1. The smallest absolute Gasteiger partial charge is 0.410 e. The first-order chi connectivity index (χ1) is 14.1. The molecule has 7 nitrogen and oxygen atoms in total. The first-order valence-electron chi connectivity index (χ1n) is 9.91. The van der Waals surface area contributed by atoms with Crippen LogP contribution in [0.25, 0.3) is 0 Å². The van der Waals surface area contributed by atoms with Crippen molar-refractivity contribution in [3.8, 4) is 0 Å². The van der Waals surface area contributed by atoms with Crippen LogP contribution >= 0.6 is 11.3 Å². The molecule has 8 heteroatoms. The molecule has 1 aromatic heterocycles. The van der Waals surface area contributed by atoms with E-state index in [2.05, 4.69) is 10.3 Å². The zero-order chi connectivity index (χ0) is 20.1. The number of thiazole rings is 1. The molecule has 2 heterocycles. The average Bonchev–Trinajstić information content (AvgIpc) is 3.28. The Morgan fingerprint density at radius 3 is 2.59 bits per heavy atom. The normalized spacial score (nSPS) is 20.0. The molecule has 2 fully saturated rings. The van der Waals surface area contributed by atoms with Crippen molar-refractivity contribution in [1.82, 2.24) is 15.2 Å². The van der Waals surface area contributed by atoms with Gasteiger partial charge in [-0.15, -0.1) is 11.3 Å². The van der Waals surface area contributed by atoms with Gasteiger partial charge in [-0.05, 0) is 36.7 Å². The Labute approximate surface area is 174 Å². The lowest BCUT2D eigenvalue weighted by Crippen LogP contribution is -2.59. The Bertz CT molecular complexity index is 820. The van der Waals surface area contributed by atoms with Crippen LogP contribution in [0.2, 0.25) is 0 Å². The van der Waals surface area contributed by atoms with Crippen molar-refractivity contribution in [2.45, 2.75) is 44.9 Å². The van der Waals surface area contributed by atoms with E-state index in [1.807, 2.05) is 35.7 Å². The predicted molar refractivity (Wildman–Crippen MR) is 108 cm³/mol. The molecule has 1 aliphatic carbocycles. The summed E-state index contributed by atoms with van der Waals surface area (Å²) in [6.07, 6.45) is 3.08. The number of hydrogen-bond donors (Lipinski definition) is 1. The van der Waals surface area contributed by atoms with Crippen LogP contribution in [0.4, 0.5) is 9.59 Å². The van der Waals surface area contributed by atoms with Gasteiger partial charge >= 0.3 is 12.2 Å². The number of nitrogens with zero attached hydrogens (tertiary/aromatic N) is 2. The van der Waals surface area contributed by atoms with Crippen LogP contribution in [0.15, 0.2) is 41.2 Å². The quantitative estimate of drug-likeness (QED) is 0.800. The Balaban J connectivity index is 1.21. The molecule has 1 saturated heterocycles. The fourth-order valence-corrected chi connectivity index (χ4v) is 4.64. The van der Waals surface area contributed by atoms with Crippen LogP contribution in [0.1, 0.15) is 36.9 Å². The van der Waals surface area contributed by atoms with Gasteiger partial charge in [-0.25, -0.2) is 14.6 Å². The minimum absolute atomic E-state index is 0.0653. The summed E-state index contributed by atoms with van der Waals surface area (Å²) < 4.78 is 10.7. The van der Waals surface area contributed by atoms with Gasteiger partial charge in [-0.1, -0.05) is 30.3 Å². The first-order valence-corrected chi connectivity index (χ1v) is 10.8. The summed E-state index contributed by atoms with van der Waals surface area (Å²) in [5.74, 6) is 0. The van der Waals surface area contributed by atoms with Gasteiger partial charge < -0.3 is 19.7 Å². The zero-order valence-corrected chi connectivity index (χ0v) is 17.0. The van der Waals surface area contributed by atoms with Crippen molar-refractivity contribution in [3.05, 3.63) is 52.5 Å². The van der Waals surface area contributed by atoms with E-state index >= 15 is 0 Å². The highest BCUT2D eigenvalue weighted by molar-refractivity contribution is 7.07. The molecule has 1 aliphatic heterocycles. The molecule has 4 rings (SSSR count). The highest BCUT2D eigenvalue weighted by atomic mass is 32.1. The number of ether oxygens (including phenoxy) is 2. The number of benzene rings is 1. The van der Waals surface area contributed by atoms with Gasteiger partial charge in [-0.2, -0.15) is 0 Å². The Kier molecular flexibility index (Phi) is 5.99. The maximum atomic E-state index is 12.4. The van der Waals surface area contributed by atoms with Crippen molar-refractivity contribution in [1.29, 1.82) is 0 Å². The molecule has 0 bridgehead atoms. The van der Waals surface area contributed by atoms with E-state index in [0.29, 0.717) is 13.1 Å². The van der Waals surface area contributed by atoms with Crippen LogP contribution in [-0.4, -0.2) is 41.2 Å². The fraction of sp³-hybridized carbons (Fsp3) is 0.476. The molecule has 2 aliphatic rings. The third-order valence-corrected chi connectivity index (χ3v) is 6.65. The maximum Gasteiger partial charge on any atom is 0.410 e. The Hall–Kier alpha value is -2.61. The van der Waals surface area contributed by atoms with Gasteiger partial charge in [0.1, 0.15) is 13.2 Å². The summed E-state index contributed by atoms with van der Waals surface area (Å²) in [7, 11) is 0. The number of rotatable bonds is 5. The van der Waals surface area contributed by atoms with E-state index in [4.69, 9.17) is 9.47 Å². The van der Waals surface area contributed by atoms with Crippen molar-refractivity contribution in [3.63, 3.8) is 0 Å². The van der Waals surface area contributed by atoms with Gasteiger partial charge in [-0.3, -0.25) is 0 Å². The standard InChI is InChI=1S/C21H25N3O4S/c25-19(27-13-17-14-29-15-22-17)23-18-6-7-21(18)8-10-24(11-9-21)20(26)28-12-16-4-2-1-3-5-16/h1-5,14-15,18H,6-13H2,(H,23,25). The molecule has 154 valence electrons. The average molecular weight is 416 g/mol. The Morgan fingerprint density at radius 1 is 1.14 bits per heavy atom. The molecule has 2 amide bonds. The molecule has 1 unspecified atom stereocenters. The second-order valence-corrected chi connectivity index (χ2v) is 8.40. The van der Waals surface area contributed by atoms with Crippen LogP contribution in [-0.2, 0) is 22.7 Å². The highest BCUT2D eigenvalue weighted by Gasteiger charge is 2.49. The van der Waals surface area contributed by atoms with Gasteiger partial charge in [0.15, 0.2) is 0 Å². The summed E-state index contributed by atoms with van der Waals surface area (Å²) in [5.41, 5.74) is 3.52. The maximum absolute atomic E-state index is 12.4. The monoisotopic (exact) mass is 415 g/mol. The molecule has 29 heavy (non-hydrogen) atoms. The van der Waals surface area contributed by atoms with Gasteiger partial charge in [0.25, 0.3) is 0 Å². The second kappa shape index (κ2) is 8.82. The first kappa shape index (κ1) is 19.7. The molecule has 1 saturated carbocycles. The predicted octanol–water partition coefficient (Wildman–Crippen LogP) is 3.95. The number of amides is 2. The number of nitrogens with one attached hydrogen (secondary N) is 1. The third kappa shape index (κ3) is 4.70. The molecule has 1 N–H and O–H groups in total. The lowest BCUT2D eigenvalue weighted by atomic mass is 9.59. The van der Waals surface area contributed by atoms with Gasteiger partial charge in [0.05, 0.1) is 11.2 Å². The lowest BCUT2D eigenvalue weighted by Gasteiger charge is -2.53. The summed E-state index contributed by atoms with van der Waals surface area (Å²) in [4.78, 5) is 30.3. The van der Waals surface area contributed by atoms with E-state index in [1.165, 1.54) is 11.3 Å². The number of hydrogen-bond acceptors (Lipinski definition) is 6. The lowest BCUT2D eigenvalue weighted by molar-refractivity contribution is -0.00926. The van der Waals surface area contributed by atoms with Gasteiger partial charge in [0, 0.05) is 24.5 Å². The number of alkyl carbamates (subject to hydrolysis) is 1. The molecule has 2 aromatic rings. The number of carbonyl (C=O) groups is 2. The van der Waals surface area contributed by atoms with Crippen molar-refractivity contribution >= 4 is 23.5 Å². The van der Waals surface area contributed by atoms with Crippen LogP contribution in [0, 0.1) is 5.41 Å². The summed E-state index contributed by atoms with van der Waals surface area (Å²) in [5, 5.41) is 4.88. The minimum Gasteiger partial charge on any atom is -0.445 e. The summed E-state index contributed by atoms with van der Waals surface area (Å²) in [6.45, 7) is 1.78. The van der Waals surface area contributed by atoms with Crippen LogP contribution in [0.3, 0.4) is 0 Å². The molecular weight excluding hydrogens is 390 g/mol. The molecule has 1 atom stereocenters. The molecule has 1 aromatic carbocycles. The van der Waals surface area contributed by atoms with Crippen molar-refractivity contribution < 1.29 is 19.1 Å². The number of piperidine rings is 1. The number of carbonyl (C=O) groups excluding carboxylic acids is 2. The highest BCUT2D eigenvalue weighted by Crippen LogP contribution is 2.49. The molecule has 1 spiro atoms. The van der Waals surface area contributed by atoms with E-state index in [9.17, 15) is 9.59 Å². The molecular formula is C21H25N3O4S. The van der Waals surface area contributed by atoms with Crippen molar-refractivity contribution in [2.24, 2.45) is 5.41 Å². The van der Waals surface area contributed by atoms with E-state index in [1.54, 1.807) is 10.4 Å². The Morgan fingerprint density at radius 2 is 1.93 bits per heavy atom. The van der Waals surface area contributed by atoms with Crippen LogP contribution < -0.4 is 5.32 Å². The zero-order valence-electron chi connectivity index (χ0n) is 16.2. The van der Waals surface area contributed by atoms with Crippen LogP contribution in [0.5, 0.6) is 0 Å². The third-order valence-electron chi connectivity index (χ3n) is 6.02. The van der Waals surface area contributed by atoms with E-state index < -0.39 is 6.09 Å². The van der Waals surface area contributed by atoms with E-state index in [0.717, 1.165) is 36.9 Å².